The van der Waals surface area contributed by atoms with Gasteiger partial charge in [0.15, 0.2) is 0 Å². The topological polar surface area (TPSA) is 24.9 Å². The van der Waals surface area contributed by atoms with Gasteiger partial charge in [-0.15, -0.1) is 0 Å². The molecule has 0 saturated heterocycles. The smallest absolute Gasteiger partial charge is 0.0702 e. The summed E-state index contributed by atoms with van der Waals surface area (Å²) in [5.74, 6) is 0. The molecule has 0 aliphatic carbocycles. The monoisotopic (exact) mass is 278 g/mol. The third-order valence-corrected chi connectivity index (χ3v) is 3.52. The molecular weight excluding hydrogens is 264 g/mol. The second-order valence-electron chi connectivity index (χ2n) is 3.97. The van der Waals surface area contributed by atoms with Gasteiger partial charge < -0.3 is 5.32 Å². The standard InChI is InChI=1S/C13H15BrN2/c1-10(8-14)16-9-11-4-5-13-12(7-11)3-2-6-15-13/h2-7,10,16H,8-9H2,1H3. The Morgan fingerprint density at radius 1 is 1.38 bits per heavy atom. The van der Waals surface area contributed by atoms with Gasteiger partial charge >= 0.3 is 0 Å². The third-order valence-electron chi connectivity index (χ3n) is 2.55. The molecule has 1 aromatic heterocycles. The van der Waals surface area contributed by atoms with Crippen LogP contribution < -0.4 is 5.32 Å². The van der Waals surface area contributed by atoms with Gasteiger partial charge in [-0.2, -0.15) is 0 Å². The van der Waals surface area contributed by atoms with Crippen LogP contribution in [-0.4, -0.2) is 16.4 Å². The summed E-state index contributed by atoms with van der Waals surface area (Å²) in [4.78, 5) is 4.31. The van der Waals surface area contributed by atoms with Crippen LogP contribution in [0.3, 0.4) is 0 Å². The van der Waals surface area contributed by atoms with Crippen LogP contribution >= 0.6 is 15.9 Å². The molecule has 0 saturated carbocycles. The average molecular weight is 279 g/mol. The van der Waals surface area contributed by atoms with Crippen molar-refractivity contribution >= 4 is 26.8 Å². The molecule has 1 N–H and O–H groups in total. The largest absolute Gasteiger partial charge is 0.309 e. The van der Waals surface area contributed by atoms with Crippen molar-refractivity contribution in [2.45, 2.75) is 19.5 Å². The second-order valence-corrected chi connectivity index (χ2v) is 4.61. The molecule has 3 heteroatoms. The number of hydrogen-bond acceptors (Lipinski definition) is 2. The zero-order chi connectivity index (χ0) is 11.4. The van der Waals surface area contributed by atoms with E-state index >= 15 is 0 Å². The minimum Gasteiger partial charge on any atom is -0.309 e. The minimum absolute atomic E-state index is 0.490. The maximum atomic E-state index is 4.31. The number of pyridine rings is 1. The Morgan fingerprint density at radius 3 is 3.06 bits per heavy atom. The summed E-state index contributed by atoms with van der Waals surface area (Å²) >= 11 is 3.46. The lowest BCUT2D eigenvalue weighted by atomic mass is 10.1. The number of nitrogens with zero attached hydrogens (tertiary/aromatic N) is 1. The maximum absolute atomic E-state index is 4.31. The van der Waals surface area contributed by atoms with Gasteiger partial charge in [-0.3, -0.25) is 4.98 Å². The molecule has 1 atom stereocenters. The first kappa shape index (κ1) is 11.6. The first-order valence-corrected chi connectivity index (χ1v) is 6.55. The van der Waals surface area contributed by atoms with Crippen molar-refractivity contribution in [2.75, 3.05) is 5.33 Å². The summed E-state index contributed by atoms with van der Waals surface area (Å²) in [5.41, 5.74) is 2.35. The van der Waals surface area contributed by atoms with E-state index in [1.807, 2.05) is 12.3 Å². The molecule has 2 rings (SSSR count). The predicted molar refractivity (Wildman–Crippen MR) is 71.8 cm³/mol. The van der Waals surface area contributed by atoms with Crippen molar-refractivity contribution in [3.63, 3.8) is 0 Å². The molecule has 0 aliphatic heterocycles. The van der Waals surface area contributed by atoms with Crippen molar-refractivity contribution < 1.29 is 0 Å². The Labute approximate surface area is 104 Å². The van der Waals surface area contributed by atoms with E-state index in [9.17, 15) is 0 Å². The van der Waals surface area contributed by atoms with E-state index in [0.717, 1.165) is 17.4 Å². The van der Waals surface area contributed by atoms with Crippen LogP contribution in [0.15, 0.2) is 36.5 Å². The molecule has 2 nitrogen and oxygen atoms in total. The Morgan fingerprint density at radius 2 is 2.25 bits per heavy atom. The highest BCUT2D eigenvalue weighted by molar-refractivity contribution is 9.09. The van der Waals surface area contributed by atoms with Gasteiger partial charge in [-0.25, -0.2) is 0 Å². The number of alkyl halides is 1. The number of rotatable bonds is 4. The Balaban J connectivity index is 2.13. The van der Waals surface area contributed by atoms with Crippen molar-refractivity contribution in [2.24, 2.45) is 0 Å². The van der Waals surface area contributed by atoms with E-state index in [1.165, 1.54) is 10.9 Å². The van der Waals surface area contributed by atoms with Crippen LogP contribution in [-0.2, 0) is 6.54 Å². The summed E-state index contributed by atoms with van der Waals surface area (Å²) in [6, 6.07) is 11.0. The predicted octanol–water partition coefficient (Wildman–Crippen LogP) is 3.11. The zero-order valence-corrected chi connectivity index (χ0v) is 10.9. The Bertz CT molecular complexity index is 470. The SMILES string of the molecule is CC(CBr)NCc1ccc2ncccc2c1. The quantitative estimate of drug-likeness (QED) is 0.870. The van der Waals surface area contributed by atoms with Crippen molar-refractivity contribution in [1.82, 2.24) is 10.3 Å². The fourth-order valence-electron chi connectivity index (χ4n) is 1.58. The van der Waals surface area contributed by atoms with Crippen LogP contribution in [0.25, 0.3) is 10.9 Å². The number of hydrogen-bond donors (Lipinski definition) is 1. The second kappa shape index (κ2) is 5.41. The fraction of sp³-hybridized carbons (Fsp3) is 0.308. The molecule has 1 aromatic carbocycles. The number of halogens is 1. The molecule has 1 unspecified atom stereocenters. The van der Waals surface area contributed by atoms with E-state index in [-0.39, 0.29) is 0 Å². The molecule has 84 valence electrons. The molecule has 0 aliphatic rings. The lowest BCUT2D eigenvalue weighted by Crippen LogP contribution is -2.26. The number of aromatic nitrogens is 1. The molecule has 2 aromatic rings. The first-order chi connectivity index (χ1) is 7.79. The summed E-state index contributed by atoms with van der Waals surface area (Å²) < 4.78 is 0. The third kappa shape index (κ3) is 2.80. The van der Waals surface area contributed by atoms with Gasteiger partial charge in [0.05, 0.1) is 5.52 Å². The first-order valence-electron chi connectivity index (χ1n) is 5.42. The highest BCUT2D eigenvalue weighted by atomic mass is 79.9. The van der Waals surface area contributed by atoms with E-state index < -0.39 is 0 Å². The Kier molecular flexibility index (Phi) is 3.91. The normalized spacial score (nSPS) is 12.9. The van der Waals surface area contributed by atoms with E-state index in [0.29, 0.717) is 6.04 Å². The molecular formula is C13H15BrN2. The number of benzene rings is 1. The van der Waals surface area contributed by atoms with Gasteiger partial charge in [0.1, 0.15) is 0 Å². The Hall–Kier alpha value is -0.930. The molecule has 0 fully saturated rings. The summed E-state index contributed by atoms with van der Waals surface area (Å²) in [5, 5.41) is 5.62. The van der Waals surface area contributed by atoms with Gasteiger partial charge in [0.25, 0.3) is 0 Å². The van der Waals surface area contributed by atoms with Crippen molar-refractivity contribution in [3.8, 4) is 0 Å². The van der Waals surface area contributed by atoms with Crippen LogP contribution in [0.1, 0.15) is 12.5 Å². The number of fused-ring (bicyclic) bond motifs is 1. The van der Waals surface area contributed by atoms with Crippen molar-refractivity contribution in [3.05, 3.63) is 42.1 Å². The average Bonchev–Trinajstić information content (AvgIpc) is 2.35. The fourth-order valence-corrected chi connectivity index (χ4v) is 1.81. The molecule has 0 bridgehead atoms. The van der Waals surface area contributed by atoms with Crippen LogP contribution in [0.4, 0.5) is 0 Å². The van der Waals surface area contributed by atoms with Gasteiger partial charge in [-0.05, 0) is 30.7 Å². The maximum Gasteiger partial charge on any atom is 0.0702 e. The summed E-state index contributed by atoms with van der Waals surface area (Å²) in [6.45, 7) is 3.06. The zero-order valence-electron chi connectivity index (χ0n) is 9.28. The lowest BCUT2D eigenvalue weighted by Gasteiger charge is -2.10. The van der Waals surface area contributed by atoms with E-state index in [1.54, 1.807) is 0 Å². The molecule has 0 amide bonds. The van der Waals surface area contributed by atoms with Crippen molar-refractivity contribution in [1.29, 1.82) is 0 Å². The van der Waals surface area contributed by atoms with Crippen LogP contribution in [0.2, 0.25) is 0 Å². The minimum atomic E-state index is 0.490. The molecule has 0 spiro atoms. The highest BCUT2D eigenvalue weighted by Gasteiger charge is 2.00. The van der Waals surface area contributed by atoms with Gasteiger partial charge in [0, 0.05) is 29.5 Å². The molecule has 1 heterocycles. The van der Waals surface area contributed by atoms with Gasteiger partial charge in [-0.1, -0.05) is 28.1 Å². The van der Waals surface area contributed by atoms with E-state index in [2.05, 4.69) is 57.4 Å². The van der Waals surface area contributed by atoms with Crippen LogP contribution in [0.5, 0.6) is 0 Å². The molecule has 0 radical (unpaired) electrons. The van der Waals surface area contributed by atoms with Gasteiger partial charge in [0.2, 0.25) is 0 Å². The van der Waals surface area contributed by atoms with Crippen LogP contribution in [0, 0.1) is 0 Å². The summed E-state index contributed by atoms with van der Waals surface area (Å²) in [7, 11) is 0. The molecule has 16 heavy (non-hydrogen) atoms. The summed E-state index contributed by atoms with van der Waals surface area (Å²) in [6.07, 6.45) is 1.83. The number of nitrogens with one attached hydrogen (secondary N) is 1. The van der Waals surface area contributed by atoms with E-state index in [4.69, 9.17) is 0 Å². The lowest BCUT2D eigenvalue weighted by molar-refractivity contribution is 0.599. The highest BCUT2D eigenvalue weighted by Crippen LogP contribution is 2.13.